The summed E-state index contributed by atoms with van der Waals surface area (Å²) in [6.45, 7) is -2.45. The molecule has 2 amide bonds. The van der Waals surface area contributed by atoms with Crippen LogP contribution in [0.1, 0.15) is 31.8 Å². The van der Waals surface area contributed by atoms with Crippen molar-refractivity contribution in [3.8, 4) is 23.1 Å². The van der Waals surface area contributed by atoms with Crippen molar-refractivity contribution in [2.24, 2.45) is 7.05 Å². The molecule has 2 N–H and O–H groups in total. The van der Waals surface area contributed by atoms with Crippen molar-refractivity contribution < 1.29 is 27.5 Å². The first-order chi connectivity index (χ1) is 19.0. The predicted octanol–water partition coefficient (Wildman–Crippen LogP) is 2.95. The summed E-state index contributed by atoms with van der Waals surface area (Å²) in [6, 6.07) is 10.1. The maximum Gasteiger partial charge on any atom is 0.282 e. The third-order valence-electron chi connectivity index (χ3n) is 5.99. The van der Waals surface area contributed by atoms with E-state index in [-0.39, 0.29) is 39.5 Å². The van der Waals surface area contributed by atoms with Gasteiger partial charge in [-0.05, 0) is 41.0 Å². The van der Waals surface area contributed by atoms with Gasteiger partial charge < -0.3 is 24.8 Å². The van der Waals surface area contributed by atoms with E-state index >= 15 is 0 Å². The number of nitrogens with zero attached hydrogens (tertiary/aromatic N) is 4. The Hall–Kier alpha value is -4.35. The second kappa shape index (κ2) is 11.8. The molecule has 0 unspecified atom stereocenters. The van der Waals surface area contributed by atoms with Crippen molar-refractivity contribution in [2.75, 3.05) is 31.1 Å². The molecule has 0 atom stereocenters. The number of likely N-dealkylation sites (tertiary alicyclic amines) is 1. The Morgan fingerprint density at radius 2 is 1.95 bits per heavy atom. The molecule has 1 fully saturated rings. The van der Waals surface area contributed by atoms with Crippen LogP contribution in [-0.2, 0) is 13.6 Å². The van der Waals surface area contributed by atoms with Gasteiger partial charge in [-0.1, -0.05) is 6.07 Å². The van der Waals surface area contributed by atoms with Crippen molar-refractivity contribution in [1.82, 2.24) is 19.8 Å². The summed E-state index contributed by atoms with van der Waals surface area (Å²) in [5, 5.41) is 14.8. The van der Waals surface area contributed by atoms with E-state index in [1.807, 2.05) is 6.07 Å². The molecule has 0 aliphatic carbocycles. The van der Waals surface area contributed by atoms with Crippen LogP contribution in [0.5, 0.6) is 5.88 Å². The molecule has 40 heavy (non-hydrogen) atoms. The summed E-state index contributed by atoms with van der Waals surface area (Å²) in [5.41, 5.74) is 0.364. The zero-order chi connectivity index (χ0) is 29.0. The average molecular weight is 573 g/mol. The Labute approximate surface area is 231 Å². The van der Waals surface area contributed by atoms with Crippen LogP contribution in [0.25, 0.3) is 11.1 Å². The van der Waals surface area contributed by atoms with E-state index in [1.165, 1.54) is 48.0 Å². The first kappa shape index (κ1) is 28.7. The van der Waals surface area contributed by atoms with Gasteiger partial charge in [0.1, 0.15) is 11.4 Å². The predicted molar refractivity (Wildman–Crippen MR) is 142 cm³/mol. The number of nitrogens with one attached hydrogen (secondary N) is 2. The number of benzene rings is 1. The molecule has 0 radical (unpaired) electrons. The lowest BCUT2D eigenvalue weighted by Gasteiger charge is -2.39. The molecule has 0 spiro atoms. The molecule has 208 valence electrons. The van der Waals surface area contributed by atoms with Crippen LogP contribution in [0.2, 0.25) is 0 Å². The van der Waals surface area contributed by atoms with Crippen LogP contribution >= 0.6 is 12.6 Å². The Kier molecular flexibility index (Phi) is 8.46. The second-order valence-corrected chi connectivity index (χ2v) is 9.26. The summed E-state index contributed by atoms with van der Waals surface area (Å²) < 4.78 is 46.1. The molecule has 4 rings (SSSR count). The maximum absolute atomic E-state index is 13.4. The summed E-state index contributed by atoms with van der Waals surface area (Å²) in [7, 11) is 1.49. The number of hydrogen-bond acceptors (Lipinski definition) is 8. The minimum absolute atomic E-state index is 0.0533. The fourth-order valence-corrected chi connectivity index (χ4v) is 4.26. The molecular weight excluding hydrogens is 549 g/mol. The first-order valence-electron chi connectivity index (χ1n) is 11.8. The number of amides is 2. The number of pyridine rings is 2. The third kappa shape index (κ3) is 6.27. The highest BCUT2D eigenvalue weighted by Gasteiger charge is 2.46. The summed E-state index contributed by atoms with van der Waals surface area (Å²) in [5.74, 6) is -4.56. The molecular formula is C26H23F3N6O4S. The van der Waals surface area contributed by atoms with Crippen molar-refractivity contribution in [2.45, 2.75) is 12.5 Å². The van der Waals surface area contributed by atoms with Crippen LogP contribution < -0.4 is 20.9 Å². The van der Waals surface area contributed by atoms with Crippen LogP contribution in [0.15, 0.2) is 47.4 Å². The Bertz CT molecular complexity index is 1560. The molecule has 3 heterocycles. The lowest BCUT2D eigenvalue weighted by atomic mass is 9.96. The Morgan fingerprint density at radius 1 is 1.20 bits per heavy atom. The number of anilines is 1. The topological polar surface area (TPSA) is 129 Å². The quantitative estimate of drug-likeness (QED) is 0.266. The van der Waals surface area contributed by atoms with Gasteiger partial charge in [0.05, 0.1) is 24.7 Å². The number of ether oxygens (including phenoxy) is 1. The number of nitriles is 1. The molecule has 1 aliphatic heterocycles. The Morgan fingerprint density at radius 3 is 2.60 bits per heavy atom. The van der Waals surface area contributed by atoms with Crippen LogP contribution in [0, 0.1) is 11.3 Å². The smallest absolute Gasteiger partial charge is 0.282 e. The minimum Gasteiger partial charge on any atom is -0.446 e. The van der Waals surface area contributed by atoms with E-state index in [2.05, 4.69) is 28.2 Å². The van der Waals surface area contributed by atoms with Gasteiger partial charge in [0, 0.05) is 37.3 Å². The third-order valence-corrected chi connectivity index (χ3v) is 6.22. The maximum atomic E-state index is 13.4. The van der Waals surface area contributed by atoms with Gasteiger partial charge in [-0.15, -0.1) is 0 Å². The van der Waals surface area contributed by atoms with E-state index in [1.54, 1.807) is 6.20 Å². The molecule has 0 bridgehead atoms. The van der Waals surface area contributed by atoms with Gasteiger partial charge in [-0.2, -0.15) is 22.9 Å². The summed E-state index contributed by atoms with van der Waals surface area (Å²) >= 11 is 4.08. The molecule has 2 aromatic heterocycles. The van der Waals surface area contributed by atoms with Crippen molar-refractivity contribution >= 4 is 30.3 Å². The SMILES string of the molecule is Cn1cc(CNCS)cc(C(=O)Nc2cc(-c3ccc(C#N)cc3C(=O)N3CC(F)(F)C3)cc(OCF)n2)c1=O. The summed E-state index contributed by atoms with van der Waals surface area (Å²) in [4.78, 5) is 43.8. The minimum atomic E-state index is -3.00. The molecule has 1 saturated heterocycles. The zero-order valence-electron chi connectivity index (χ0n) is 21.1. The van der Waals surface area contributed by atoms with Gasteiger partial charge in [-0.25, -0.2) is 13.2 Å². The molecule has 0 saturated carbocycles. The Balaban J connectivity index is 1.73. The van der Waals surface area contributed by atoms with Gasteiger partial charge in [0.25, 0.3) is 23.3 Å². The number of hydrogen-bond donors (Lipinski definition) is 3. The molecule has 10 nitrogen and oxygen atoms in total. The highest BCUT2D eigenvalue weighted by molar-refractivity contribution is 7.80. The largest absolute Gasteiger partial charge is 0.446 e. The number of rotatable bonds is 9. The van der Waals surface area contributed by atoms with E-state index in [0.29, 0.717) is 18.0 Å². The molecule has 1 aliphatic rings. The number of aryl methyl sites for hydroxylation is 1. The number of carbonyl (C=O) groups is 2. The number of halogens is 3. The normalized spacial score (nSPS) is 13.8. The van der Waals surface area contributed by atoms with Crippen molar-refractivity contribution in [3.63, 3.8) is 0 Å². The second-order valence-electron chi connectivity index (χ2n) is 8.94. The van der Waals surface area contributed by atoms with E-state index < -0.39 is 43.2 Å². The zero-order valence-corrected chi connectivity index (χ0v) is 22.0. The number of thiol groups is 1. The lowest BCUT2D eigenvalue weighted by molar-refractivity contribution is -0.113. The highest BCUT2D eigenvalue weighted by Crippen LogP contribution is 2.34. The number of alkyl halides is 3. The van der Waals surface area contributed by atoms with E-state index in [0.717, 1.165) is 4.90 Å². The lowest BCUT2D eigenvalue weighted by Crippen LogP contribution is -2.58. The van der Waals surface area contributed by atoms with Crippen molar-refractivity contribution in [3.05, 3.63) is 75.2 Å². The average Bonchev–Trinajstić information content (AvgIpc) is 2.91. The van der Waals surface area contributed by atoms with Crippen LogP contribution in [0.4, 0.5) is 19.0 Å². The van der Waals surface area contributed by atoms with Gasteiger partial charge in [0.2, 0.25) is 12.7 Å². The fourth-order valence-electron chi connectivity index (χ4n) is 4.15. The first-order valence-corrected chi connectivity index (χ1v) is 12.4. The van der Waals surface area contributed by atoms with Crippen LogP contribution in [0.3, 0.4) is 0 Å². The monoisotopic (exact) mass is 572 g/mol. The molecule has 1 aromatic carbocycles. The molecule has 14 heteroatoms. The van der Waals surface area contributed by atoms with Gasteiger partial charge >= 0.3 is 0 Å². The number of carbonyl (C=O) groups excluding carboxylic acids is 2. The van der Waals surface area contributed by atoms with E-state index in [9.17, 15) is 32.8 Å². The standard InChI is InChI=1S/C26H23F3N6O4S/c1-34-10-16(9-31-14-40)5-20(24(34)37)23(36)33-21-6-17(7-22(32-21)39-13-27)18-3-2-15(8-30)4-19(18)25(38)35-11-26(28,29)12-35/h2-7,10,31,40H,9,11-14H2,1H3,(H,32,33,36). The molecule has 3 aromatic rings. The summed E-state index contributed by atoms with van der Waals surface area (Å²) in [6.07, 6.45) is 1.57. The van der Waals surface area contributed by atoms with E-state index in [4.69, 9.17) is 4.74 Å². The van der Waals surface area contributed by atoms with Crippen LogP contribution in [-0.4, -0.2) is 58.0 Å². The number of aromatic nitrogens is 2. The van der Waals surface area contributed by atoms with Crippen molar-refractivity contribution in [1.29, 1.82) is 5.26 Å². The van der Waals surface area contributed by atoms with Gasteiger partial charge in [0.15, 0.2) is 0 Å². The fraction of sp³-hybridized carbons (Fsp3) is 0.269. The highest BCUT2D eigenvalue weighted by atomic mass is 32.1. The van der Waals surface area contributed by atoms with Gasteiger partial charge in [-0.3, -0.25) is 14.4 Å².